The van der Waals surface area contributed by atoms with Crippen molar-refractivity contribution in [1.29, 1.82) is 0 Å². The second-order valence-electron chi connectivity index (χ2n) is 6.31. The normalized spacial score (nSPS) is 12.2. The van der Waals surface area contributed by atoms with E-state index < -0.39 is 8.07 Å². The fourth-order valence-corrected chi connectivity index (χ4v) is 4.36. The minimum Gasteiger partial charge on any atom is -1.00 e. The fourth-order valence-electron chi connectivity index (χ4n) is 2.64. The average Bonchev–Trinajstić information content (AvgIpc) is 2.49. The van der Waals surface area contributed by atoms with Gasteiger partial charge in [0.15, 0.2) is 0 Å². The summed E-state index contributed by atoms with van der Waals surface area (Å²) in [6.07, 6.45) is 5.84. The van der Waals surface area contributed by atoms with Crippen LogP contribution < -0.4 is 62.0 Å². The van der Waals surface area contributed by atoms with Crippen molar-refractivity contribution in [3.8, 4) is 0 Å². The van der Waals surface area contributed by atoms with Gasteiger partial charge in [0.1, 0.15) is 0 Å². The SMILES string of the molecule is CC(C)N(C1=C([Si](C)(C)C)C=CC1)C(C)C.[Cl-].[Cl-].[Cl-].[Cl-].[Cl-].[V+5]. The Morgan fingerprint density at radius 2 is 1.23 bits per heavy atom. The quantitative estimate of drug-likeness (QED) is 0.373. The second-order valence-corrected chi connectivity index (χ2v) is 11.4. The van der Waals surface area contributed by atoms with Gasteiger partial charge < -0.3 is 66.9 Å². The predicted molar refractivity (Wildman–Crippen MR) is 76.2 cm³/mol. The smallest absolute Gasteiger partial charge is 1.00 e. The molecule has 0 aromatic carbocycles. The molecule has 1 nitrogen and oxygen atoms in total. The monoisotopic (exact) mass is 463 g/mol. The molecule has 0 radical (unpaired) electrons. The van der Waals surface area contributed by atoms with Gasteiger partial charge in [0, 0.05) is 24.2 Å². The van der Waals surface area contributed by atoms with Crippen LogP contribution in [0.5, 0.6) is 0 Å². The van der Waals surface area contributed by atoms with Crippen LogP contribution in [0.3, 0.4) is 0 Å². The zero-order valence-corrected chi connectivity index (χ0v) is 20.5. The summed E-state index contributed by atoms with van der Waals surface area (Å²) >= 11 is 0. The van der Waals surface area contributed by atoms with Crippen LogP contribution in [-0.2, 0) is 18.6 Å². The van der Waals surface area contributed by atoms with E-state index in [1.165, 1.54) is 0 Å². The Morgan fingerprint density at radius 1 is 0.864 bits per heavy atom. The first-order valence-corrected chi connectivity index (χ1v) is 9.93. The largest absolute Gasteiger partial charge is 5.00 e. The molecule has 1 aliphatic rings. The maximum atomic E-state index is 2.59. The maximum absolute atomic E-state index is 2.59. The predicted octanol–water partition coefficient (Wildman–Crippen LogP) is -10.8. The summed E-state index contributed by atoms with van der Waals surface area (Å²) in [7, 11) is -1.19. The summed E-state index contributed by atoms with van der Waals surface area (Å²) in [6.45, 7) is 16.5. The van der Waals surface area contributed by atoms with E-state index in [0.717, 1.165) is 6.42 Å². The van der Waals surface area contributed by atoms with Crippen molar-refractivity contribution < 1.29 is 80.6 Å². The Labute approximate surface area is 181 Å². The zero-order valence-electron chi connectivity index (χ0n) is 14.3. The van der Waals surface area contributed by atoms with Crippen molar-refractivity contribution in [3.63, 3.8) is 0 Å². The van der Waals surface area contributed by atoms with Crippen LogP contribution in [0.25, 0.3) is 0 Å². The molecule has 0 saturated heterocycles. The Morgan fingerprint density at radius 3 is 1.50 bits per heavy atom. The van der Waals surface area contributed by atoms with Gasteiger partial charge in [0.25, 0.3) is 0 Å². The van der Waals surface area contributed by atoms with Crippen molar-refractivity contribution >= 4 is 8.07 Å². The van der Waals surface area contributed by atoms with E-state index in [9.17, 15) is 0 Å². The molecule has 0 saturated carbocycles. The van der Waals surface area contributed by atoms with Crippen molar-refractivity contribution in [1.82, 2.24) is 4.90 Å². The van der Waals surface area contributed by atoms with E-state index in [-0.39, 0.29) is 80.6 Å². The minimum absolute atomic E-state index is 0. The van der Waals surface area contributed by atoms with Crippen LogP contribution in [-0.4, -0.2) is 25.1 Å². The molecule has 0 aromatic heterocycles. The number of hydrogen-bond acceptors (Lipinski definition) is 1. The van der Waals surface area contributed by atoms with Gasteiger partial charge in [-0.25, -0.2) is 0 Å². The van der Waals surface area contributed by atoms with E-state index in [2.05, 4.69) is 64.4 Å². The molecule has 0 fully saturated rings. The molecule has 0 aromatic rings. The number of nitrogens with zero attached hydrogens (tertiary/aromatic N) is 1. The molecular formula is C14H27Cl5NSiV. The molecule has 0 spiro atoms. The van der Waals surface area contributed by atoms with Crippen LogP contribution in [0.4, 0.5) is 0 Å². The first-order valence-electron chi connectivity index (χ1n) is 6.43. The standard InChI is InChI=1S/C14H27NSi.5ClH.V/c1-11(2)15(12(3)4)13-9-8-10-14(13)16(5,6)7;;;;;;/h8,10-12H,9H2,1-7H3;5*1H;/q;;;;;;+5/p-5. The Bertz CT molecular complexity index is 320. The molecule has 0 N–H and O–H groups in total. The topological polar surface area (TPSA) is 3.24 Å². The maximum Gasteiger partial charge on any atom is 5.00 e. The summed E-state index contributed by atoms with van der Waals surface area (Å²) in [4.78, 5) is 2.59. The number of rotatable bonds is 4. The molecule has 22 heavy (non-hydrogen) atoms. The number of halogens is 5. The molecule has 0 unspecified atom stereocenters. The van der Waals surface area contributed by atoms with Crippen LogP contribution in [0.15, 0.2) is 23.0 Å². The molecule has 132 valence electrons. The summed E-state index contributed by atoms with van der Waals surface area (Å²) in [5.41, 5.74) is 1.59. The van der Waals surface area contributed by atoms with Gasteiger partial charge in [-0.15, -0.1) is 0 Å². The third-order valence-corrected chi connectivity index (χ3v) is 5.21. The molecule has 0 bridgehead atoms. The molecule has 0 aliphatic heterocycles. The minimum atomic E-state index is -1.19. The van der Waals surface area contributed by atoms with Crippen molar-refractivity contribution in [2.75, 3.05) is 0 Å². The Kier molecular flexibility index (Phi) is 28.3. The van der Waals surface area contributed by atoms with Gasteiger partial charge in [-0.1, -0.05) is 31.8 Å². The number of allylic oxidation sites excluding steroid dienone is 3. The van der Waals surface area contributed by atoms with Crippen LogP contribution in [0, 0.1) is 0 Å². The van der Waals surface area contributed by atoms with Gasteiger partial charge in [-0.05, 0) is 32.9 Å². The summed E-state index contributed by atoms with van der Waals surface area (Å²) in [6, 6.07) is 1.20. The first kappa shape index (κ1) is 38.9. The molecule has 0 amide bonds. The second kappa shape index (κ2) is 16.0. The van der Waals surface area contributed by atoms with E-state index in [4.69, 9.17) is 0 Å². The van der Waals surface area contributed by atoms with Gasteiger partial charge in [0.05, 0.1) is 8.07 Å². The first-order chi connectivity index (χ1) is 7.25. The fraction of sp³-hybridized carbons (Fsp3) is 0.714. The molecular weight excluding hydrogens is 438 g/mol. The zero-order chi connectivity index (χ0) is 12.5. The van der Waals surface area contributed by atoms with Crippen molar-refractivity contribution in [2.24, 2.45) is 0 Å². The van der Waals surface area contributed by atoms with Gasteiger partial charge in [-0.3, -0.25) is 0 Å². The molecule has 1 rings (SSSR count). The van der Waals surface area contributed by atoms with Crippen molar-refractivity contribution in [2.45, 2.75) is 65.8 Å². The summed E-state index contributed by atoms with van der Waals surface area (Å²) in [5.74, 6) is 0. The van der Waals surface area contributed by atoms with E-state index >= 15 is 0 Å². The number of hydrogen-bond donors (Lipinski definition) is 0. The summed E-state index contributed by atoms with van der Waals surface area (Å²) < 4.78 is 0. The average molecular weight is 466 g/mol. The van der Waals surface area contributed by atoms with Crippen LogP contribution in [0.2, 0.25) is 19.6 Å². The van der Waals surface area contributed by atoms with E-state index in [0.29, 0.717) is 12.1 Å². The third kappa shape index (κ3) is 10.4. The van der Waals surface area contributed by atoms with Crippen LogP contribution in [0.1, 0.15) is 34.1 Å². The van der Waals surface area contributed by atoms with Gasteiger partial charge >= 0.3 is 18.6 Å². The van der Waals surface area contributed by atoms with Crippen molar-refractivity contribution in [3.05, 3.63) is 23.0 Å². The molecule has 1 aliphatic carbocycles. The molecule has 0 atom stereocenters. The third-order valence-electron chi connectivity index (χ3n) is 3.14. The summed E-state index contributed by atoms with van der Waals surface area (Å²) in [5, 5.41) is 1.65. The van der Waals surface area contributed by atoms with Crippen LogP contribution >= 0.6 is 0 Å². The van der Waals surface area contributed by atoms with Gasteiger partial charge in [0.2, 0.25) is 0 Å². The van der Waals surface area contributed by atoms with Gasteiger partial charge in [-0.2, -0.15) is 0 Å². The molecule has 0 heterocycles. The van der Waals surface area contributed by atoms with E-state index in [1.807, 2.05) is 0 Å². The Hall–Kier alpha value is 1.53. The van der Waals surface area contributed by atoms with E-state index in [1.54, 1.807) is 10.9 Å². The molecule has 8 heteroatoms. The Balaban J connectivity index is -0.000000107.